The van der Waals surface area contributed by atoms with Gasteiger partial charge in [0.1, 0.15) is 0 Å². The fourth-order valence-electron chi connectivity index (χ4n) is 1.89. The lowest BCUT2D eigenvalue weighted by Crippen LogP contribution is -2.21. The van der Waals surface area contributed by atoms with Gasteiger partial charge in [0.2, 0.25) is 0 Å². The van der Waals surface area contributed by atoms with E-state index in [1.54, 1.807) is 0 Å². The second-order valence-corrected chi connectivity index (χ2v) is 4.27. The molecule has 0 saturated heterocycles. The van der Waals surface area contributed by atoms with Crippen molar-refractivity contribution in [1.29, 1.82) is 0 Å². The number of hydrogen-bond donors (Lipinski definition) is 1. The largest absolute Gasteiger partial charge is 0.393 e. The van der Waals surface area contributed by atoms with Crippen molar-refractivity contribution in [2.24, 2.45) is 5.92 Å². The predicted molar refractivity (Wildman–Crippen MR) is 58.2 cm³/mol. The van der Waals surface area contributed by atoms with Crippen LogP contribution in [0, 0.1) is 12.8 Å². The molecule has 14 heavy (non-hydrogen) atoms. The highest BCUT2D eigenvalue weighted by Gasteiger charge is 2.22. The van der Waals surface area contributed by atoms with Crippen LogP contribution in [0.15, 0.2) is 18.3 Å². The smallest absolute Gasteiger partial charge is 0.0598 e. The van der Waals surface area contributed by atoms with Gasteiger partial charge in [0, 0.05) is 17.8 Å². The van der Waals surface area contributed by atoms with Gasteiger partial charge in [-0.1, -0.05) is 13.8 Å². The van der Waals surface area contributed by atoms with Crippen molar-refractivity contribution in [1.82, 2.24) is 4.98 Å². The van der Waals surface area contributed by atoms with Gasteiger partial charge in [-0.15, -0.1) is 0 Å². The number of aliphatic hydroxyl groups excluding tert-OH is 1. The molecule has 1 aromatic rings. The minimum atomic E-state index is -0.343. The molecule has 1 N–H and O–H groups in total. The Morgan fingerprint density at radius 1 is 1.29 bits per heavy atom. The summed E-state index contributed by atoms with van der Waals surface area (Å²) in [6.45, 7) is 8.10. The summed E-state index contributed by atoms with van der Waals surface area (Å²) in [5.41, 5.74) is 2.19. The van der Waals surface area contributed by atoms with Crippen LogP contribution >= 0.6 is 0 Å². The van der Waals surface area contributed by atoms with E-state index in [2.05, 4.69) is 24.9 Å². The fourth-order valence-corrected chi connectivity index (χ4v) is 1.89. The molecule has 1 heterocycles. The van der Waals surface area contributed by atoms with Crippen LogP contribution in [0.3, 0.4) is 0 Å². The normalized spacial score (nSPS) is 15.6. The van der Waals surface area contributed by atoms with Gasteiger partial charge < -0.3 is 5.11 Å². The topological polar surface area (TPSA) is 33.1 Å². The van der Waals surface area contributed by atoms with Crippen LogP contribution in [0.5, 0.6) is 0 Å². The summed E-state index contributed by atoms with van der Waals surface area (Å²) in [6, 6.07) is 4.03. The van der Waals surface area contributed by atoms with Crippen LogP contribution in [-0.4, -0.2) is 16.2 Å². The van der Waals surface area contributed by atoms with Crippen molar-refractivity contribution in [2.45, 2.75) is 39.7 Å². The van der Waals surface area contributed by atoms with E-state index in [0.717, 1.165) is 5.69 Å². The summed E-state index contributed by atoms with van der Waals surface area (Å²) in [5, 5.41) is 9.69. The van der Waals surface area contributed by atoms with Gasteiger partial charge in [-0.2, -0.15) is 0 Å². The molecule has 0 aliphatic heterocycles. The molecular weight excluding hydrogens is 174 g/mol. The first-order chi connectivity index (χ1) is 6.52. The Bertz CT molecular complexity index is 286. The Balaban J connectivity index is 2.99. The molecule has 2 nitrogen and oxygen atoms in total. The van der Waals surface area contributed by atoms with Crippen LogP contribution in [0.25, 0.3) is 0 Å². The highest BCUT2D eigenvalue weighted by molar-refractivity contribution is 5.19. The number of hydrogen-bond acceptors (Lipinski definition) is 2. The maximum Gasteiger partial charge on any atom is 0.0598 e. The van der Waals surface area contributed by atoms with Gasteiger partial charge in [-0.3, -0.25) is 4.98 Å². The Labute approximate surface area is 86.0 Å². The molecule has 2 atom stereocenters. The number of nitrogens with zero attached hydrogens (tertiary/aromatic N) is 1. The summed E-state index contributed by atoms with van der Waals surface area (Å²) in [4.78, 5) is 4.32. The first-order valence-corrected chi connectivity index (χ1v) is 5.13. The number of aliphatic hydroxyl groups is 1. The number of rotatable bonds is 3. The molecule has 1 rings (SSSR count). The second kappa shape index (κ2) is 4.56. The van der Waals surface area contributed by atoms with E-state index in [0.29, 0.717) is 5.92 Å². The third-order valence-electron chi connectivity index (χ3n) is 2.52. The molecule has 0 saturated carbocycles. The average Bonchev–Trinajstić information content (AvgIpc) is 2.02. The third kappa shape index (κ3) is 2.55. The molecule has 0 aliphatic carbocycles. The Kier molecular flexibility index (Phi) is 3.64. The van der Waals surface area contributed by atoms with E-state index >= 15 is 0 Å². The zero-order chi connectivity index (χ0) is 10.7. The molecule has 78 valence electrons. The van der Waals surface area contributed by atoms with Gasteiger partial charge in [-0.05, 0) is 37.5 Å². The summed E-state index contributed by atoms with van der Waals surface area (Å²) < 4.78 is 0. The van der Waals surface area contributed by atoms with E-state index in [9.17, 15) is 5.11 Å². The predicted octanol–water partition coefficient (Wildman–Crippen LogP) is 2.51. The molecule has 0 aliphatic rings. The van der Waals surface area contributed by atoms with E-state index in [1.165, 1.54) is 5.56 Å². The number of pyridine rings is 1. The lowest BCUT2D eigenvalue weighted by Gasteiger charge is -2.23. The maximum absolute atomic E-state index is 9.69. The molecule has 2 heteroatoms. The Morgan fingerprint density at radius 2 is 1.93 bits per heavy atom. The standard InChI is InChI=1S/C12H19NO/c1-8(2)12(10(4)14)11-7-9(3)5-6-13-11/h5-8,10,12,14H,1-4H3. The van der Waals surface area contributed by atoms with E-state index < -0.39 is 0 Å². The monoisotopic (exact) mass is 193 g/mol. The van der Waals surface area contributed by atoms with Crippen LogP contribution in [-0.2, 0) is 0 Å². The molecule has 2 unspecified atom stereocenters. The van der Waals surface area contributed by atoms with Crippen molar-refractivity contribution in [2.75, 3.05) is 0 Å². The van der Waals surface area contributed by atoms with Gasteiger partial charge in [0.05, 0.1) is 6.10 Å². The van der Waals surface area contributed by atoms with Crippen molar-refractivity contribution in [3.63, 3.8) is 0 Å². The summed E-state index contributed by atoms with van der Waals surface area (Å²) in [6.07, 6.45) is 1.46. The fraction of sp³-hybridized carbons (Fsp3) is 0.583. The number of aryl methyl sites for hydroxylation is 1. The molecular formula is C12H19NO. The quantitative estimate of drug-likeness (QED) is 0.800. The zero-order valence-electron chi connectivity index (χ0n) is 9.36. The van der Waals surface area contributed by atoms with Gasteiger partial charge in [-0.25, -0.2) is 0 Å². The van der Waals surface area contributed by atoms with Crippen LogP contribution in [0.1, 0.15) is 37.9 Å². The van der Waals surface area contributed by atoms with Gasteiger partial charge in [0.25, 0.3) is 0 Å². The molecule has 0 fully saturated rings. The van der Waals surface area contributed by atoms with Crippen LogP contribution < -0.4 is 0 Å². The summed E-state index contributed by atoms with van der Waals surface area (Å²) >= 11 is 0. The molecule has 0 aromatic carbocycles. The lowest BCUT2D eigenvalue weighted by molar-refractivity contribution is 0.138. The average molecular weight is 193 g/mol. The van der Waals surface area contributed by atoms with E-state index in [4.69, 9.17) is 0 Å². The van der Waals surface area contributed by atoms with Crippen molar-refractivity contribution in [3.8, 4) is 0 Å². The Morgan fingerprint density at radius 3 is 2.36 bits per heavy atom. The molecule has 0 radical (unpaired) electrons. The minimum Gasteiger partial charge on any atom is -0.393 e. The second-order valence-electron chi connectivity index (χ2n) is 4.27. The SMILES string of the molecule is Cc1ccnc(C(C(C)C)C(C)O)c1. The van der Waals surface area contributed by atoms with Gasteiger partial charge in [0.15, 0.2) is 0 Å². The van der Waals surface area contributed by atoms with Gasteiger partial charge >= 0.3 is 0 Å². The van der Waals surface area contributed by atoms with Crippen LogP contribution in [0.2, 0.25) is 0 Å². The lowest BCUT2D eigenvalue weighted by atomic mass is 9.87. The first kappa shape index (κ1) is 11.2. The number of aromatic nitrogens is 1. The zero-order valence-corrected chi connectivity index (χ0v) is 9.36. The summed E-state index contributed by atoms with van der Waals surface area (Å²) in [7, 11) is 0. The molecule has 1 aromatic heterocycles. The van der Waals surface area contributed by atoms with Crippen LogP contribution in [0.4, 0.5) is 0 Å². The van der Waals surface area contributed by atoms with Crippen molar-refractivity contribution < 1.29 is 5.11 Å². The molecule has 0 bridgehead atoms. The third-order valence-corrected chi connectivity index (χ3v) is 2.52. The molecule has 0 amide bonds. The summed E-state index contributed by atoms with van der Waals surface area (Å²) in [5.74, 6) is 0.541. The first-order valence-electron chi connectivity index (χ1n) is 5.13. The minimum absolute atomic E-state index is 0.134. The van der Waals surface area contributed by atoms with E-state index in [1.807, 2.05) is 26.1 Å². The van der Waals surface area contributed by atoms with Crippen molar-refractivity contribution in [3.05, 3.63) is 29.6 Å². The highest BCUT2D eigenvalue weighted by atomic mass is 16.3. The highest BCUT2D eigenvalue weighted by Crippen LogP contribution is 2.26. The molecule has 0 spiro atoms. The van der Waals surface area contributed by atoms with Crippen molar-refractivity contribution >= 4 is 0 Å². The van der Waals surface area contributed by atoms with E-state index in [-0.39, 0.29) is 12.0 Å². The maximum atomic E-state index is 9.69. The Hall–Kier alpha value is -0.890.